The number of ether oxygens (including phenoxy) is 5. The fourth-order valence-electron chi connectivity index (χ4n) is 1.42. The van der Waals surface area contributed by atoms with Crippen LogP contribution in [0.4, 0.5) is 0 Å². The first kappa shape index (κ1) is 22.7. The highest BCUT2D eigenvalue weighted by Crippen LogP contribution is 1.84. The fourth-order valence-corrected chi connectivity index (χ4v) is 1.42. The molecule has 9 nitrogen and oxygen atoms in total. The van der Waals surface area contributed by atoms with Gasteiger partial charge in [0, 0.05) is 20.5 Å². The van der Waals surface area contributed by atoms with Gasteiger partial charge in [-0.2, -0.15) is 0 Å². The highest BCUT2D eigenvalue weighted by Gasteiger charge is 1.97. The zero-order chi connectivity index (χ0) is 17.9. The molecular weight excluding hydrogens is 320 g/mol. The van der Waals surface area contributed by atoms with Crippen LogP contribution in [0.5, 0.6) is 0 Å². The molecule has 0 aliphatic rings. The third kappa shape index (κ3) is 18.8. The van der Waals surface area contributed by atoms with Gasteiger partial charge in [0.1, 0.15) is 6.61 Å². The lowest BCUT2D eigenvalue weighted by Crippen LogP contribution is -2.25. The van der Waals surface area contributed by atoms with E-state index in [-0.39, 0.29) is 18.4 Å². The van der Waals surface area contributed by atoms with Crippen molar-refractivity contribution in [3.05, 3.63) is 0 Å². The van der Waals surface area contributed by atoms with E-state index >= 15 is 0 Å². The summed E-state index contributed by atoms with van der Waals surface area (Å²) in [6.45, 7) is 6.19. The molecule has 0 fully saturated rings. The van der Waals surface area contributed by atoms with E-state index in [1.165, 1.54) is 6.92 Å². The lowest BCUT2D eigenvalue weighted by atomic mass is 10.6. The minimum atomic E-state index is -0.156. The number of nitrogens with one attached hydrogen (secondary N) is 2. The van der Waals surface area contributed by atoms with Crippen molar-refractivity contribution in [1.82, 2.24) is 10.6 Å². The molecule has 0 saturated heterocycles. The van der Waals surface area contributed by atoms with Crippen molar-refractivity contribution >= 4 is 11.8 Å². The maximum atomic E-state index is 10.9. The van der Waals surface area contributed by atoms with E-state index in [2.05, 4.69) is 10.6 Å². The minimum absolute atomic E-state index is 0.0463. The summed E-state index contributed by atoms with van der Waals surface area (Å²) in [6, 6.07) is 0. The molecule has 0 aromatic carbocycles. The number of carbonyl (C=O) groups is 2. The molecule has 2 N–H and O–H groups in total. The van der Waals surface area contributed by atoms with Gasteiger partial charge < -0.3 is 34.3 Å². The number of hydrogen-bond donors (Lipinski definition) is 2. The summed E-state index contributed by atoms with van der Waals surface area (Å²) in [6.07, 6.45) is 0. The number of likely N-dealkylation sites (N-methyl/N-ethyl adjacent to an activating group) is 1. The lowest BCUT2D eigenvalue weighted by Gasteiger charge is -2.08. The zero-order valence-electron chi connectivity index (χ0n) is 14.6. The average Bonchev–Trinajstić information content (AvgIpc) is 2.57. The maximum Gasteiger partial charge on any atom is 0.245 e. The third-order valence-corrected chi connectivity index (χ3v) is 2.62. The molecule has 0 aliphatic carbocycles. The van der Waals surface area contributed by atoms with Crippen LogP contribution in [0.15, 0.2) is 0 Å². The molecule has 0 spiro atoms. The Balaban J connectivity index is 3.03. The van der Waals surface area contributed by atoms with Gasteiger partial charge in [-0.1, -0.05) is 0 Å². The Labute approximate surface area is 143 Å². The maximum absolute atomic E-state index is 10.9. The Morgan fingerprint density at radius 2 is 1.12 bits per heavy atom. The molecular formula is C15H30N2O7. The lowest BCUT2D eigenvalue weighted by molar-refractivity contribution is -0.125. The van der Waals surface area contributed by atoms with E-state index in [0.29, 0.717) is 66.0 Å². The summed E-state index contributed by atoms with van der Waals surface area (Å²) >= 11 is 0. The van der Waals surface area contributed by atoms with Gasteiger partial charge in [-0.15, -0.1) is 0 Å². The van der Waals surface area contributed by atoms with Crippen molar-refractivity contribution in [2.75, 3.05) is 79.7 Å². The van der Waals surface area contributed by atoms with Crippen molar-refractivity contribution < 1.29 is 33.3 Å². The molecule has 0 aromatic rings. The largest absolute Gasteiger partial charge is 0.377 e. The molecule has 0 aromatic heterocycles. The van der Waals surface area contributed by atoms with Crippen LogP contribution >= 0.6 is 0 Å². The Bertz CT molecular complexity index is 316. The van der Waals surface area contributed by atoms with Gasteiger partial charge in [-0.05, 0) is 0 Å². The first-order chi connectivity index (χ1) is 11.7. The number of amides is 2. The van der Waals surface area contributed by atoms with Crippen molar-refractivity contribution in [3.8, 4) is 0 Å². The van der Waals surface area contributed by atoms with E-state index in [0.717, 1.165) is 0 Å². The molecule has 0 bridgehead atoms. The molecule has 9 heteroatoms. The molecule has 0 aliphatic heterocycles. The molecule has 0 radical (unpaired) electrons. The van der Waals surface area contributed by atoms with Crippen LogP contribution in [0, 0.1) is 0 Å². The number of rotatable bonds is 17. The van der Waals surface area contributed by atoms with Gasteiger partial charge in [0.2, 0.25) is 11.8 Å². The molecule has 0 heterocycles. The van der Waals surface area contributed by atoms with Gasteiger partial charge >= 0.3 is 0 Å². The second kappa shape index (κ2) is 18.1. The van der Waals surface area contributed by atoms with Gasteiger partial charge in [-0.3, -0.25) is 9.59 Å². The normalized spacial score (nSPS) is 10.6. The minimum Gasteiger partial charge on any atom is -0.377 e. The summed E-state index contributed by atoms with van der Waals surface area (Å²) in [5.74, 6) is -0.219. The monoisotopic (exact) mass is 350 g/mol. The molecule has 142 valence electrons. The summed E-state index contributed by atoms with van der Waals surface area (Å²) in [5.41, 5.74) is 0. The first-order valence-electron chi connectivity index (χ1n) is 8.00. The molecule has 0 saturated carbocycles. The van der Waals surface area contributed by atoms with E-state index in [1.807, 2.05) is 0 Å². The number of carbonyl (C=O) groups excluding carboxylic acids is 2. The molecule has 2 amide bonds. The van der Waals surface area contributed by atoms with Crippen LogP contribution in [-0.2, 0) is 33.3 Å². The second-order valence-corrected chi connectivity index (χ2v) is 4.66. The molecule has 0 atom stereocenters. The summed E-state index contributed by atoms with van der Waals surface area (Å²) < 4.78 is 26.3. The highest BCUT2D eigenvalue weighted by molar-refractivity contribution is 5.76. The van der Waals surface area contributed by atoms with Crippen LogP contribution in [0.1, 0.15) is 6.92 Å². The Kier molecular flexibility index (Phi) is 17.1. The Hall–Kier alpha value is -1.26. The van der Waals surface area contributed by atoms with Gasteiger partial charge in [0.25, 0.3) is 0 Å². The molecule has 0 unspecified atom stereocenters. The quantitative estimate of drug-likeness (QED) is 0.323. The Morgan fingerprint density at radius 3 is 1.54 bits per heavy atom. The zero-order valence-corrected chi connectivity index (χ0v) is 14.6. The standard InChI is InChI=1S/C15H30N2O7/c1-14(18)17-3-4-20-5-6-21-7-8-22-9-10-23-11-12-24-13-15(19)16-2/h3-13H2,1-2H3,(H,16,19)(H,17,18). The van der Waals surface area contributed by atoms with E-state index < -0.39 is 0 Å². The molecule has 24 heavy (non-hydrogen) atoms. The molecule has 0 rings (SSSR count). The SMILES string of the molecule is CNC(=O)COCCOCCOCCOCCOCCNC(C)=O. The Morgan fingerprint density at radius 1 is 0.708 bits per heavy atom. The van der Waals surface area contributed by atoms with Crippen molar-refractivity contribution in [2.24, 2.45) is 0 Å². The van der Waals surface area contributed by atoms with Crippen LogP contribution in [0.25, 0.3) is 0 Å². The topological polar surface area (TPSA) is 104 Å². The predicted octanol–water partition coefficient (Wildman–Crippen LogP) is -1.05. The van der Waals surface area contributed by atoms with Gasteiger partial charge in [0.05, 0.1) is 59.5 Å². The first-order valence-corrected chi connectivity index (χ1v) is 8.00. The van der Waals surface area contributed by atoms with Crippen LogP contribution in [0.3, 0.4) is 0 Å². The van der Waals surface area contributed by atoms with Crippen molar-refractivity contribution in [1.29, 1.82) is 0 Å². The fraction of sp³-hybridized carbons (Fsp3) is 0.867. The van der Waals surface area contributed by atoms with Crippen LogP contribution < -0.4 is 10.6 Å². The van der Waals surface area contributed by atoms with E-state index in [1.54, 1.807) is 7.05 Å². The second-order valence-electron chi connectivity index (χ2n) is 4.66. The van der Waals surface area contributed by atoms with Crippen molar-refractivity contribution in [3.63, 3.8) is 0 Å². The number of hydrogen-bond acceptors (Lipinski definition) is 7. The predicted molar refractivity (Wildman–Crippen MR) is 86.8 cm³/mol. The smallest absolute Gasteiger partial charge is 0.245 e. The van der Waals surface area contributed by atoms with Crippen LogP contribution in [-0.4, -0.2) is 91.5 Å². The highest BCUT2D eigenvalue weighted by atomic mass is 16.6. The third-order valence-electron chi connectivity index (χ3n) is 2.62. The van der Waals surface area contributed by atoms with Gasteiger partial charge in [0.15, 0.2) is 0 Å². The van der Waals surface area contributed by atoms with E-state index in [9.17, 15) is 9.59 Å². The van der Waals surface area contributed by atoms with Crippen LogP contribution in [0.2, 0.25) is 0 Å². The summed E-state index contributed by atoms with van der Waals surface area (Å²) in [7, 11) is 1.56. The summed E-state index contributed by atoms with van der Waals surface area (Å²) in [4.78, 5) is 21.4. The van der Waals surface area contributed by atoms with Crippen molar-refractivity contribution in [2.45, 2.75) is 6.92 Å². The average molecular weight is 350 g/mol. The summed E-state index contributed by atoms with van der Waals surface area (Å²) in [5, 5.41) is 5.10. The van der Waals surface area contributed by atoms with Gasteiger partial charge in [-0.25, -0.2) is 0 Å². The van der Waals surface area contributed by atoms with E-state index in [4.69, 9.17) is 23.7 Å².